The van der Waals surface area contributed by atoms with Crippen LogP contribution in [0.4, 0.5) is 0 Å². The maximum absolute atomic E-state index is 10.2. The Morgan fingerprint density at radius 2 is 2.00 bits per heavy atom. The normalized spacial score (nSPS) is 12.0. The van der Waals surface area contributed by atoms with E-state index in [1.165, 1.54) is 0 Å². The summed E-state index contributed by atoms with van der Waals surface area (Å²) in [6.07, 6.45) is 0.178. The monoisotopic (exact) mass is 248 g/mol. The molecule has 0 aliphatic carbocycles. The molecule has 0 aromatic carbocycles. The fraction of sp³-hybridized carbons (Fsp3) is 0.600. The second-order valence-corrected chi connectivity index (χ2v) is 2.11. The summed E-state index contributed by atoms with van der Waals surface area (Å²) < 4.78 is 0. The van der Waals surface area contributed by atoms with Crippen LogP contribution in [0.5, 0.6) is 0 Å². The summed E-state index contributed by atoms with van der Waals surface area (Å²) >= 11 is 0. The van der Waals surface area contributed by atoms with Gasteiger partial charge in [-0.2, -0.15) is 0 Å². The van der Waals surface area contributed by atoms with Crippen molar-refractivity contribution in [3.63, 3.8) is 0 Å². The average Bonchev–Trinajstić information content (AvgIpc) is 2.03. The SMILES string of the molecule is Cl.Cl.NC(=NCCC(N)C(=O)O)NO. The third-order valence-corrected chi connectivity index (χ3v) is 1.15. The third-order valence-electron chi connectivity index (χ3n) is 1.15. The molecule has 0 saturated carbocycles. The molecule has 9 heteroatoms. The number of aliphatic carboxylic acids is 1. The van der Waals surface area contributed by atoms with Gasteiger partial charge in [-0.05, 0) is 6.42 Å². The molecule has 0 saturated heterocycles. The number of hydroxylamine groups is 1. The number of nitrogens with zero attached hydrogens (tertiary/aromatic N) is 1. The van der Waals surface area contributed by atoms with Gasteiger partial charge >= 0.3 is 5.97 Å². The number of carbonyl (C=O) groups is 1. The van der Waals surface area contributed by atoms with Gasteiger partial charge < -0.3 is 16.6 Å². The Kier molecular flexibility index (Phi) is 13.9. The molecule has 7 nitrogen and oxygen atoms in total. The first-order valence-corrected chi connectivity index (χ1v) is 3.26. The molecule has 0 amide bonds. The highest BCUT2D eigenvalue weighted by atomic mass is 35.5. The Bertz CT molecular complexity index is 190. The van der Waals surface area contributed by atoms with Crippen molar-refractivity contribution in [3.05, 3.63) is 0 Å². The van der Waals surface area contributed by atoms with Crippen LogP contribution in [0.1, 0.15) is 6.42 Å². The average molecular weight is 249 g/mol. The molecule has 0 fully saturated rings. The van der Waals surface area contributed by atoms with Crippen LogP contribution >= 0.6 is 24.8 Å². The Labute approximate surface area is 93.3 Å². The molecule has 14 heavy (non-hydrogen) atoms. The molecule has 0 spiro atoms. The van der Waals surface area contributed by atoms with E-state index in [9.17, 15) is 4.79 Å². The van der Waals surface area contributed by atoms with E-state index in [1.54, 1.807) is 5.48 Å². The highest BCUT2D eigenvalue weighted by molar-refractivity contribution is 5.85. The lowest BCUT2D eigenvalue weighted by Crippen LogP contribution is -2.32. The fourth-order valence-corrected chi connectivity index (χ4v) is 0.483. The summed E-state index contributed by atoms with van der Waals surface area (Å²) in [5.41, 5.74) is 11.8. The van der Waals surface area contributed by atoms with Gasteiger partial charge in [-0.1, -0.05) is 0 Å². The number of nitrogens with one attached hydrogen (secondary N) is 1. The van der Waals surface area contributed by atoms with Crippen LogP contribution in [-0.4, -0.2) is 34.8 Å². The maximum Gasteiger partial charge on any atom is 0.320 e. The predicted octanol–water partition coefficient (Wildman–Crippen LogP) is -1.07. The van der Waals surface area contributed by atoms with Gasteiger partial charge in [0.2, 0.25) is 5.96 Å². The molecule has 0 aromatic heterocycles. The minimum absolute atomic E-state index is 0. The molecule has 0 rings (SSSR count). The molecule has 86 valence electrons. The number of carboxylic acids is 1. The van der Waals surface area contributed by atoms with E-state index in [1.807, 2.05) is 0 Å². The number of hydrogen-bond donors (Lipinski definition) is 5. The van der Waals surface area contributed by atoms with E-state index >= 15 is 0 Å². The maximum atomic E-state index is 10.2. The van der Waals surface area contributed by atoms with Gasteiger partial charge in [0.15, 0.2) is 0 Å². The van der Waals surface area contributed by atoms with E-state index < -0.39 is 12.0 Å². The summed E-state index contributed by atoms with van der Waals surface area (Å²) in [6.45, 7) is 0.160. The van der Waals surface area contributed by atoms with Crippen molar-refractivity contribution < 1.29 is 15.1 Å². The summed E-state index contributed by atoms with van der Waals surface area (Å²) in [7, 11) is 0. The number of nitrogens with two attached hydrogens (primary N) is 2. The van der Waals surface area contributed by atoms with Crippen molar-refractivity contribution in [3.8, 4) is 0 Å². The molecule has 1 unspecified atom stereocenters. The highest BCUT2D eigenvalue weighted by Crippen LogP contribution is 1.88. The van der Waals surface area contributed by atoms with Crippen LogP contribution in [0.3, 0.4) is 0 Å². The summed E-state index contributed by atoms with van der Waals surface area (Å²) in [4.78, 5) is 13.7. The van der Waals surface area contributed by atoms with Crippen LogP contribution in [-0.2, 0) is 4.79 Å². The summed E-state index contributed by atoms with van der Waals surface area (Å²) in [5, 5.41) is 16.5. The van der Waals surface area contributed by atoms with E-state index in [0.717, 1.165) is 0 Å². The van der Waals surface area contributed by atoms with Crippen molar-refractivity contribution in [1.29, 1.82) is 0 Å². The van der Waals surface area contributed by atoms with Crippen molar-refractivity contribution in [2.75, 3.05) is 6.54 Å². The molecule has 1 atom stereocenters. The van der Waals surface area contributed by atoms with Crippen molar-refractivity contribution in [2.24, 2.45) is 16.5 Å². The first-order chi connectivity index (χ1) is 5.57. The van der Waals surface area contributed by atoms with Crippen LogP contribution in [0.2, 0.25) is 0 Å². The lowest BCUT2D eigenvalue weighted by atomic mass is 10.2. The molecule has 0 aromatic rings. The summed E-state index contributed by atoms with van der Waals surface area (Å²) in [6, 6.07) is -0.944. The van der Waals surface area contributed by atoms with Crippen LogP contribution < -0.4 is 16.9 Å². The van der Waals surface area contributed by atoms with E-state index in [2.05, 4.69) is 4.99 Å². The molecule has 0 aliphatic heterocycles. The van der Waals surface area contributed by atoms with Crippen LogP contribution in [0.15, 0.2) is 4.99 Å². The van der Waals surface area contributed by atoms with Crippen molar-refractivity contribution in [1.82, 2.24) is 5.48 Å². The number of rotatable bonds is 4. The highest BCUT2D eigenvalue weighted by Gasteiger charge is 2.09. The Morgan fingerprint density at radius 3 is 2.36 bits per heavy atom. The van der Waals surface area contributed by atoms with Gasteiger partial charge in [0.1, 0.15) is 6.04 Å². The fourth-order valence-electron chi connectivity index (χ4n) is 0.483. The second kappa shape index (κ2) is 10.3. The topological polar surface area (TPSA) is 134 Å². The standard InChI is InChI=1S/C5H12N4O3.2ClH/c6-3(4(10)11)1-2-8-5(7)9-12;;/h3,12H,1-2,6H2,(H,10,11)(H3,7,8,9);2*1H. The van der Waals surface area contributed by atoms with E-state index in [4.69, 9.17) is 21.8 Å². The van der Waals surface area contributed by atoms with Gasteiger partial charge in [-0.15, -0.1) is 24.8 Å². The van der Waals surface area contributed by atoms with Gasteiger partial charge in [0, 0.05) is 6.54 Å². The Hall–Kier alpha value is -0.760. The zero-order valence-corrected chi connectivity index (χ0v) is 8.85. The zero-order valence-electron chi connectivity index (χ0n) is 7.21. The minimum Gasteiger partial charge on any atom is -0.480 e. The van der Waals surface area contributed by atoms with Crippen molar-refractivity contribution >= 4 is 36.7 Å². The number of carboxylic acid groups (broad SMARTS) is 1. The van der Waals surface area contributed by atoms with Gasteiger partial charge in [-0.3, -0.25) is 15.0 Å². The second-order valence-electron chi connectivity index (χ2n) is 2.11. The third kappa shape index (κ3) is 9.33. The molecule has 0 radical (unpaired) electrons. The Morgan fingerprint density at radius 1 is 1.50 bits per heavy atom. The summed E-state index contributed by atoms with van der Waals surface area (Å²) in [5.74, 6) is -1.24. The molecular weight excluding hydrogens is 235 g/mol. The van der Waals surface area contributed by atoms with Gasteiger partial charge in [0.05, 0.1) is 0 Å². The lowest BCUT2D eigenvalue weighted by Gasteiger charge is -2.03. The quantitative estimate of drug-likeness (QED) is 0.244. The largest absolute Gasteiger partial charge is 0.480 e. The molecule has 0 heterocycles. The van der Waals surface area contributed by atoms with Gasteiger partial charge in [-0.25, -0.2) is 5.48 Å². The van der Waals surface area contributed by atoms with E-state index in [-0.39, 0.29) is 43.7 Å². The smallest absolute Gasteiger partial charge is 0.320 e. The van der Waals surface area contributed by atoms with Crippen LogP contribution in [0, 0.1) is 0 Å². The number of guanidine groups is 1. The first kappa shape index (κ1) is 18.9. The zero-order chi connectivity index (χ0) is 9.56. The Balaban J connectivity index is -0.000000605. The van der Waals surface area contributed by atoms with Crippen molar-refractivity contribution in [2.45, 2.75) is 12.5 Å². The molecule has 0 aliphatic rings. The minimum atomic E-state index is -1.08. The van der Waals surface area contributed by atoms with E-state index in [0.29, 0.717) is 0 Å². The number of aliphatic imine (C=N–C) groups is 1. The molecule has 0 bridgehead atoms. The number of hydrogen-bond acceptors (Lipinski definition) is 4. The van der Waals surface area contributed by atoms with Gasteiger partial charge in [0.25, 0.3) is 0 Å². The lowest BCUT2D eigenvalue weighted by molar-refractivity contribution is -0.138. The molecular formula is C5H14Cl2N4O3. The first-order valence-electron chi connectivity index (χ1n) is 3.26. The van der Waals surface area contributed by atoms with Crippen LogP contribution in [0.25, 0.3) is 0 Å². The predicted molar refractivity (Wildman–Crippen MR) is 56.1 cm³/mol. The number of halogens is 2. The molecule has 7 N–H and O–H groups in total.